The number of allylic oxidation sites excluding steroid dienone is 2. The second kappa shape index (κ2) is 6.85. The average molecular weight is 332 g/mol. The Balaban J connectivity index is 2.22. The van der Waals surface area contributed by atoms with Crippen molar-refractivity contribution >= 4 is 11.8 Å². The van der Waals surface area contributed by atoms with Gasteiger partial charge in [-0.15, -0.1) is 0 Å². The van der Waals surface area contributed by atoms with Crippen molar-refractivity contribution in [2.75, 3.05) is 7.11 Å². The number of Topliss-reactive ketones (excluding diaryl/α,β-unsaturated/α-hetero) is 1. The van der Waals surface area contributed by atoms with E-state index in [9.17, 15) is 9.59 Å². The molecule has 0 N–H and O–H groups in total. The minimum Gasteiger partial charge on any atom is -0.466 e. The monoisotopic (exact) mass is 332 g/mol. The number of rotatable bonds is 4. The first-order valence-electron chi connectivity index (χ1n) is 9.13. The minimum atomic E-state index is -0.282. The molecule has 0 bridgehead atoms. The molecule has 134 valence electrons. The third-order valence-corrected chi connectivity index (χ3v) is 7.10. The van der Waals surface area contributed by atoms with Crippen LogP contribution in [0.25, 0.3) is 0 Å². The summed E-state index contributed by atoms with van der Waals surface area (Å²) in [4.78, 5) is 23.6. The van der Waals surface area contributed by atoms with Gasteiger partial charge in [0.2, 0.25) is 0 Å². The second-order valence-corrected chi connectivity index (χ2v) is 8.37. The fourth-order valence-corrected chi connectivity index (χ4v) is 5.07. The summed E-state index contributed by atoms with van der Waals surface area (Å²) in [5.41, 5.74) is 2.02. The molecular weight excluding hydrogens is 300 g/mol. The summed E-state index contributed by atoms with van der Waals surface area (Å²) >= 11 is 0. The molecule has 3 heteroatoms. The predicted molar refractivity (Wildman–Crippen MR) is 96.5 cm³/mol. The molecule has 0 aliphatic heterocycles. The number of fused-ring (bicyclic) bond motifs is 1. The van der Waals surface area contributed by atoms with Crippen molar-refractivity contribution in [2.24, 2.45) is 22.7 Å². The van der Waals surface area contributed by atoms with E-state index in [0.717, 1.165) is 43.3 Å². The molecule has 0 unspecified atom stereocenters. The highest BCUT2D eigenvalue weighted by Gasteiger charge is 2.55. The maximum Gasteiger partial charge on any atom is 0.330 e. The van der Waals surface area contributed by atoms with Crippen LogP contribution in [0.4, 0.5) is 0 Å². The molecule has 0 aromatic carbocycles. The van der Waals surface area contributed by atoms with Gasteiger partial charge in [-0.3, -0.25) is 4.79 Å². The SMILES string of the molecule is C=C1C(=O)CC[C@@H]2[C@@](C)(CC/C(C)=C/C(=O)OC)[C@H](C)CC[C@@]12C. The van der Waals surface area contributed by atoms with Gasteiger partial charge in [0.15, 0.2) is 5.78 Å². The average Bonchev–Trinajstić information content (AvgIpc) is 2.54. The third kappa shape index (κ3) is 3.22. The van der Waals surface area contributed by atoms with Gasteiger partial charge in [-0.1, -0.05) is 32.9 Å². The molecule has 2 saturated carbocycles. The van der Waals surface area contributed by atoms with E-state index in [2.05, 4.69) is 27.4 Å². The van der Waals surface area contributed by atoms with Crippen LogP contribution >= 0.6 is 0 Å². The number of carbonyl (C=O) groups excluding carboxylic acids is 2. The van der Waals surface area contributed by atoms with Crippen LogP contribution in [-0.4, -0.2) is 18.9 Å². The molecule has 2 fully saturated rings. The Morgan fingerprint density at radius 3 is 2.67 bits per heavy atom. The summed E-state index contributed by atoms with van der Waals surface area (Å²) in [6.45, 7) is 13.1. The summed E-state index contributed by atoms with van der Waals surface area (Å²) < 4.78 is 4.72. The zero-order valence-corrected chi connectivity index (χ0v) is 15.9. The van der Waals surface area contributed by atoms with Crippen LogP contribution in [0.5, 0.6) is 0 Å². The maximum absolute atomic E-state index is 12.2. The van der Waals surface area contributed by atoms with E-state index in [1.54, 1.807) is 6.08 Å². The van der Waals surface area contributed by atoms with Crippen LogP contribution in [0, 0.1) is 22.7 Å². The summed E-state index contributed by atoms with van der Waals surface area (Å²) in [5.74, 6) is 1.08. The van der Waals surface area contributed by atoms with Gasteiger partial charge in [0.1, 0.15) is 0 Å². The molecule has 0 spiro atoms. The predicted octanol–water partition coefficient (Wildman–Crippen LogP) is 4.86. The highest BCUT2D eigenvalue weighted by Crippen LogP contribution is 2.62. The molecule has 4 atom stereocenters. The molecule has 0 amide bonds. The lowest BCUT2D eigenvalue weighted by molar-refractivity contribution is -0.135. The Kier molecular flexibility index (Phi) is 5.41. The molecule has 0 aromatic heterocycles. The lowest BCUT2D eigenvalue weighted by Gasteiger charge is -2.58. The first kappa shape index (κ1) is 19.0. The Bertz CT molecular complexity index is 574. The van der Waals surface area contributed by atoms with Gasteiger partial charge in [0.25, 0.3) is 0 Å². The molecule has 2 rings (SSSR count). The Morgan fingerprint density at radius 2 is 2.04 bits per heavy atom. The Morgan fingerprint density at radius 1 is 1.38 bits per heavy atom. The van der Waals surface area contributed by atoms with E-state index in [0.29, 0.717) is 18.3 Å². The molecule has 2 aliphatic carbocycles. The van der Waals surface area contributed by atoms with E-state index in [-0.39, 0.29) is 22.6 Å². The van der Waals surface area contributed by atoms with Gasteiger partial charge in [-0.25, -0.2) is 4.79 Å². The fraction of sp³-hybridized carbons (Fsp3) is 0.714. The van der Waals surface area contributed by atoms with Gasteiger partial charge in [0, 0.05) is 12.5 Å². The van der Waals surface area contributed by atoms with E-state index in [1.807, 2.05) is 6.92 Å². The number of esters is 1. The summed E-state index contributed by atoms with van der Waals surface area (Å²) in [6.07, 6.45) is 7.33. The van der Waals surface area contributed by atoms with Crippen molar-refractivity contribution in [3.63, 3.8) is 0 Å². The van der Waals surface area contributed by atoms with E-state index < -0.39 is 0 Å². The lowest BCUT2D eigenvalue weighted by Crippen LogP contribution is -2.52. The van der Waals surface area contributed by atoms with Crippen LogP contribution < -0.4 is 0 Å². The maximum atomic E-state index is 12.2. The van der Waals surface area contributed by atoms with Gasteiger partial charge in [-0.05, 0) is 67.3 Å². The van der Waals surface area contributed by atoms with Crippen molar-refractivity contribution in [3.05, 3.63) is 23.8 Å². The van der Waals surface area contributed by atoms with Crippen molar-refractivity contribution in [1.82, 2.24) is 0 Å². The highest BCUT2D eigenvalue weighted by atomic mass is 16.5. The van der Waals surface area contributed by atoms with E-state index in [1.165, 1.54) is 7.11 Å². The van der Waals surface area contributed by atoms with E-state index >= 15 is 0 Å². The molecule has 2 aliphatic rings. The molecule has 24 heavy (non-hydrogen) atoms. The topological polar surface area (TPSA) is 43.4 Å². The molecule has 3 nitrogen and oxygen atoms in total. The normalized spacial score (nSPS) is 37.1. The van der Waals surface area contributed by atoms with E-state index in [4.69, 9.17) is 4.74 Å². The summed E-state index contributed by atoms with van der Waals surface area (Å²) in [6, 6.07) is 0. The van der Waals surface area contributed by atoms with Crippen LogP contribution in [0.3, 0.4) is 0 Å². The van der Waals surface area contributed by atoms with Crippen LogP contribution in [0.1, 0.15) is 66.2 Å². The fourth-order valence-electron chi connectivity index (χ4n) is 5.07. The largest absolute Gasteiger partial charge is 0.466 e. The van der Waals surface area contributed by atoms with Gasteiger partial charge < -0.3 is 4.74 Å². The van der Waals surface area contributed by atoms with Crippen molar-refractivity contribution in [1.29, 1.82) is 0 Å². The first-order valence-corrected chi connectivity index (χ1v) is 9.13. The highest BCUT2D eigenvalue weighted by molar-refractivity contribution is 5.97. The van der Waals surface area contributed by atoms with Gasteiger partial charge in [0.05, 0.1) is 7.11 Å². The number of carbonyl (C=O) groups is 2. The number of ketones is 1. The van der Waals surface area contributed by atoms with Crippen LogP contribution in [-0.2, 0) is 14.3 Å². The van der Waals surface area contributed by atoms with Crippen molar-refractivity contribution < 1.29 is 14.3 Å². The Labute approximate surface area is 146 Å². The smallest absolute Gasteiger partial charge is 0.330 e. The van der Waals surface area contributed by atoms with Crippen LogP contribution in [0.15, 0.2) is 23.8 Å². The minimum absolute atomic E-state index is 0.0590. The zero-order chi connectivity index (χ0) is 18.1. The standard InChI is InChI=1S/C21H32O3/c1-14(13-19(23)24-6)9-11-20(4)15(2)10-12-21(5)16(3)17(22)7-8-18(20)21/h13,15,18H,3,7-12H2,1-2,4-6H3/b14-13+/t15-,18-,20+,21+/m1/s1. The first-order chi connectivity index (χ1) is 11.1. The zero-order valence-electron chi connectivity index (χ0n) is 15.9. The molecule has 0 radical (unpaired) electrons. The third-order valence-electron chi connectivity index (χ3n) is 7.10. The molecular formula is C21H32O3. The van der Waals surface area contributed by atoms with Gasteiger partial charge >= 0.3 is 5.97 Å². The van der Waals surface area contributed by atoms with Crippen LogP contribution in [0.2, 0.25) is 0 Å². The van der Waals surface area contributed by atoms with Crippen molar-refractivity contribution in [2.45, 2.75) is 66.2 Å². The Hall–Kier alpha value is -1.38. The van der Waals surface area contributed by atoms with Gasteiger partial charge in [-0.2, -0.15) is 0 Å². The summed E-state index contributed by atoms with van der Waals surface area (Å²) in [5, 5.41) is 0. The molecule has 0 saturated heterocycles. The molecule has 0 aromatic rings. The number of methoxy groups -OCH3 is 1. The summed E-state index contributed by atoms with van der Waals surface area (Å²) in [7, 11) is 1.41. The van der Waals surface area contributed by atoms with Crippen molar-refractivity contribution in [3.8, 4) is 0 Å². The number of hydrogen-bond acceptors (Lipinski definition) is 3. The number of hydrogen-bond donors (Lipinski definition) is 0. The number of ether oxygens (including phenoxy) is 1. The quantitative estimate of drug-likeness (QED) is 0.545. The lowest BCUT2D eigenvalue weighted by atomic mass is 9.46. The molecule has 0 heterocycles. The second-order valence-electron chi connectivity index (χ2n) is 8.37.